The van der Waals surface area contributed by atoms with Crippen molar-refractivity contribution in [3.63, 3.8) is 0 Å². The predicted octanol–water partition coefficient (Wildman–Crippen LogP) is 1.53. The lowest BCUT2D eigenvalue weighted by molar-refractivity contribution is 0.514. The number of hydrogen-bond donors (Lipinski definition) is 1. The molecule has 1 aliphatic carbocycles. The third kappa shape index (κ3) is 4.23. The van der Waals surface area contributed by atoms with E-state index >= 15 is 0 Å². The summed E-state index contributed by atoms with van der Waals surface area (Å²) in [5.74, 6) is 2.56. The van der Waals surface area contributed by atoms with Crippen LogP contribution >= 0.6 is 0 Å². The number of hydrogen-bond acceptors (Lipinski definition) is 2. The number of rotatable bonds is 7. The van der Waals surface area contributed by atoms with Crippen LogP contribution in [0.2, 0.25) is 0 Å². The lowest BCUT2D eigenvalue weighted by Gasteiger charge is -2.16. The Bertz CT molecular complexity index is 168. The fraction of sp³-hybridized carbons (Fsp3) is 1.00. The number of nitrogens with one attached hydrogen (secondary N) is 1. The molecule has 3 heteroatoms. The predicted molar refractivity (Wildman–Crippen MR) is 58.4 cm³/mol. The van der Waals surface area contributed by atoms with E-state index in [4.69, 9.17) is 0 Å². The third-order valence-electron chi connectivity index (χ3n) is 2.45. The zero-order valence-electron chi connectivity index (χ0n) is 8.71. The van der Waals surface area contributed by atoms with Crippen molar-refractivity contribution in [2.24, 2.45) is 5.92 Å². The molecule has 1 aliphatic rings. The average molecular weight is 203 g/mol. The van der Waals surface area contributed by atoms with Gasteiger partial charge in [0.05, 0.1) is 0 Å². The van der Waals surface area contributed by atoms with Gasteiger partial charge in [-0.05, 0) is 31.7 Å². The van der Waals surface area contributed by atoms with Gasteiger partial charge >= 0.3 is 0 Å². The van der Waals surface area contributed by atoms with Crippen LogP contribution in [0.5, 0.6) is 0 Å². The first-order valence-corrected chi connectivity index (χ1v) is 6.85. The lowest BCUT2D eigenvalue weighted by Crippen LogP contribution is -2.36. The molecule has 1 fully saturated rings. The quantitative estimate of drug-likeness (QED) is 0.680. The average Bonchev–Trinajstić information content (AvgIpc) is 2.86. The van der Waals surface area contributed by atoms with Crippen LogP contribution in [0.4, 0.5) is 0 Å². The molecule has 2 atom stereocenters. The van der Waals surface area contributed by atoms with Crippen LogP contribution in [-0.4, -0.2) is 28.3 Å². The highest BCUT2D eigenvalue weighted by atomic mass is 32.2. The van der Waals surface area contributed by atoms with Gasteiger partial charge in [0.2, 0.25) is 0 Å². The van der Waals surface area contributed by atoms with E-state index in [1.165, 1.54) is 12.8 Å². The van der Waals surface area contributed by atoms with E-state index in [2.05, 4.69) is 19.2 Å². The fourth-order valence-corrected chi connectivity index (χ4v) is 3.05. The van der Waals surface area contributed by atoms with E-state index in [1.807, 2.05) is 0 Å². The Kier molecular flexibility index (Phi) is 4.96. The summed E-state index contributed by atoms with van der Waals surface area (Å²) in [5, 5.41) is 3.44. The molecule has 0 bridgehead atoms. The summed E-state index contributed by atoms with van der Waals surface area (Å²) in [7, 11) is -0.595. The van der Waals surface area contributed by atoms with Gasteiger partial charge in [-0.2, -0.15) is 0 Å². The van der Waals surface area contributed by atoms with Crippen LogP contribution in [-0.2, 0) is 10.8 Å². The van der Waals surface area contributed by atoms with E-state index in [-0.39, 0.29) is 0 Å². The molecular formula is C10H21NOS. The summed E-state index contributed by atoms with van der Waals surface area (Å²) in [5.41, 5.74) is 0. The second-order valence-corrected chi connectivity index (χ2v) is 5.43. The van der Waals surface area contributed by atoms with Crippen molar-refractivity contribution in [3.05, 3.63) is 0 Å². The van der Waals surface area contributed by atoms with Gasteiger partial charge in [0.15, 0.2) is 0 Å². The second kappa shape index (κ2) is 5.76. The Morgan fingerprint density at radius 3 is 2.62 bits per heavy atom. The third-order valence-corrected chi connectivity index (χ3v) is 4.05. The first-order valence-electron chi connectivity index (χ1n) is 5.36. The summed E-state index contributed by atoms with van der Waals surface area (Å²) in [6, 6.07) is 0.525. The molecule has 0 spiro atoms. The molecule has 1 rings (SSSR count). The van der Waals surface area contributed by atoms with Gasteiger partial charge in [-0.25, -0.2) is 0 Å². The highest BCUT2D eigenvalue weighted by Crippen LogP contribution is 2.32. The molecular weight excluding hydrogens is 182 g/mol. The molecule has 2 unspecified atom stereocenters. The summed E-state index contributed by atoms with van der Waals surface area (Å²) in [4.78, 5) is 0. The van der Waals surface area contributed by atoms with Gasteiger partial charge in [0.1, 0.15) is 0 Å². The standard InChI is InChI=1S/C10H21NOS/c1-3-7-13(12)8-10(11-4-2)9-5-6-9/h9-11H,3-8H2,1-2H3. The molecule has 78 valence electrons. The fourth-order valence-electron chi connectivity index (χ4n) is 1.63. The van der Waals surface area contributed by atoms with Crippen molar-refractivity contribution >= 4 is 10.8 Å². The Morgan fingerprint density at radius 1 is 1.46 bits per heavy atom. The van der Waals surface area contributed by atoms with Crippen molar-refractivity contribution in [1.29, 1.82) is 0 Å². The van der Waals surface area contributed by atoms with Gasteiger partial charge < -0.3 is 5.32 Å². The van der Waals surface area contributed by atoms with Crippen molar-refractivity contribution in [2.75, 3.05) is 18.1 Å². The Hall–Kier alpha value is 0.110. The Labute approximate surface area is 83.9 Å². The van der Waals surface area contributed by atoms with Gasteiger partial charge in [0, 0.05) is 28.3 Å². The minimum absolute atomic E-state index is 0.525. The van der Waals surface area contributed by atoms with E-state index < -0.39 is 10.8 Å². The maximum absolute atomic E-state index is 11.5. The van der Waals surface area contributed by atoms with Crippen molar-refractivity contribution in [2.45, 2.75) is 39.2 Å². The zero-order chi connectivity index (χ0) is 9.68. The molecule has 0 heterocycles. The van der Waals surface area contributed by atoms with Crippen molar-refractivity contribution in [1.82, 2.24) is 5.32 Å². The van der Waals surface area contributed by atoms with Crippen LogP contribution in [0, 0.1) is 5.92 Å². The molecule has 13 heavy (non-hydrogen) atoms. The smallest absolute Gasteiger partial charge is 0.0391 e. The van der Waals surface area contributed by atoms with E-state index in [9.17, 15) is 4.21 Å². The summed E-state index contributed by atoms with van der Waals surface area (Å²) in [6.07, 6.45) is 3.71. The van der Waals surface area contributed by atoms with Gasteiger partial charge in [-0.15, -0.1) is 0 Å². The van der Waals surface area contributed by atoms with Crippen molar-refractivity contribution < 1.29 is 4.21 Å². The summed E-state index contributed by atoms with van der Waals surface area (Å²) in [6.45, 7) is 5.22. The highest BCUT2D eigenvalue weighted by Gasteiger charge is 2.31. The topological polar surface area (TPSA) is 29.1 Å². The molecule has 1 saturated carbocycles. The zero-order valence-corrected chi connectivity index (χ0v) is 9.53. The second-order valence-electron chi connectivity index (χ2n) is 3.81. The van der Waals surface area contributed by atoms with Crippen LogP contribution in [0.15, 0.2) is 0 Å². The highest BCUT2D eigenvalue weighted by molar-refractivity contribution is 7.85. The van der Waals surface area contributed by atoms with Gasteiger partial charge in [0.25, 0.3) is 0 Å². The SMILES string of the molecule is CCCS(=O)CC(NCC)C1CC1. The largest absolute Gasteiger partial charge is 0.313 e. The maximum atomic E-state index is 11.5. The Morgan fingerprint density at radius 2 is 2.15 bits per heavy atom. The Balaban J connectivity index is 2.24. The molecule has 0 amide bonds. The maximum Gasteiger partial charge on any atom is 0.0391 e. The molecule has 0 aromatic heterocycles. The van der Waals surface area contributed by atoms with E-state index in [1.54, 1.807) is 0 Å². The van der Waals surface area contributed by atoms with Crippen LogP contribution in [0.3, 0.4) is 0 Å². The molecule has 2 nitrogen and oxygen atoms in total. The normalized spacial score (nSPS) is 21.4. The van der Waals surface area contributed by atoms with E-state index in [0.29, 0.717) is 6.04 Å². The van der Waals surface area contributed by atoms with Gasteiger partial charge in [-0.3, -0.25) is 4.21 Å². The summed E-state index contributed by atoms with van der Waals surface area (Å²) >= 11 is 0. The van der Waals surface area contributed by atoms with Crippen LogP contribution < -0.4 is 5.32 Å². The first kappa shape index (κ1) is 11.2. The van der Waals surface area contributed by atoms with Crippen LogP contribution in [0.25, 0.3) is 0 Å². The minimum Gasteiger partial charge on any atom is -0.313 e. The van der Waals surface area contributed by atoms with E-state index in [0.717, 1.165) is 30.4 Å². The molecule has 0 aromatic carbocycles. The first-order chi connectivity index (χ1) is 6.27. The summed E-state index contributed by atoms with van der Waals surface area (Å²) < 4.78 is 11.5. The molecule has 0 saturated heterocycles. The molecule has 0 aromatic rings. The lowest BCUT2D eigenvalue weighted by atomic mass is 10.2. The van der Waals surface area contributed by atoms with Gasteiger partial charge in [-0.1, -0.05) is 13.8 Å². The minimum atomic E-state index is -0.595. The molecule has 0 radical (unpaired) electrons. The monoisotopic (exact) mass is 203 g/mol. The molecule has 0 aliphatic heterocycles. The van der Waals surface area contributed by atoms with Crippen LogP contribution in [0.1, 0.15) is 33.1 Å². The molecule has 1 N–H and O–H groups in total. The van der Waals surface area contributed by atoms with Crippen molar-refractivity contribution in [3.8, 4) is 0 Å².